The quantitative estimate of drug-likeness (QED) is 0.871. The van der Waals surface area contributed by atoms with Crippen molar-refractivity contribution in [3.63, 3.8) is 0 Å². The average Bonchev–Trinajstić information content (AvgIpc) is 2.45. The maximum absolute atomic E-state index is 11.9. The van der Waals surface area contributed by atoms with Gasteiger partial charge in [-0.3, -0.25) is 4.79 Å². The van der Waals surface area contributed by atoms with Crippen molar-refractivity contribution >= 4 is 11.6 Å². The number of ether oxygens (including phenoxy) is 2. The predicted molar refractivity (Wildman–Crippen MR) is 81.9 cm³/mol. The summed E-state index contributed by atoms with van der Waals surface area (Å²) in [7, 11) is 0. The highest BCUT2D eigenvalue weighted by Gasteiger charge is 2.25. The van der Waals surface area contributed by atoms with E-state index in [1.165, 1.54) is 0 Å². The third-order valence-corrected chi connectivity index (χ3v) is 3.58. The second-order valence-electron chi connectivity index (χ2n) is 5.61. The molecule has 1 aliphatic heterocycles. The molecule has 21 heavy (non-hydrogen) atoms. The van der Waals surface area contributed by atoms with E-state index in [1.807, 2.05) is 38.1 Å². The lowest BCUT2D eigenvalue weighted by atomic mass is 10.0. The summed E-state index contributed by atoms with van der Waals surface area (Å²) < 4.78 is 11.3. The van der Waals surface area contributed by atoms with Gasteiger partial charge in [0.2, 0.25) is 5.91 Å². The maximum Gasteiger partial charge on any atom is 0.250 e. The SMILES string of the molecule is CC1CC(OCC(=O)Nc2ccc(CN)cc2)CC(C)O1. The minimum absolute atomic E-state index is 0.0722. The molecule has 5 heteroatoms. The lowest BCUT2D eigenvalue weighted by Gasteiger charge is -2.31. The zero-order chi connectivity index (χ0) is 15.2. The second-order valence-corrected chi connectivity index (χ2v) is 5.61. The minimum atomic E-state index is -0.137. The van der Waals surface area contributed by atoms with E-state index in [9.17, 15) is 4.79 Å². The monoisotopic (exact) mass is 292 g/mol. The number of benzene rings is 1. The van der Waals surface area contributed by atoms with Crippen LogP contribution in [0.25, 0.3) is 0 Å². The molecule has 0 bridgehead atoms. The fraction of sp³-hybridized carbons (Fsp3) is 0.562. The zero-order valence-electron chi connectivity index (χ0n) is 12.7. The molecule has 1 aromatic carbocycles. The van der Waals surface area contributed by atoms with Gasteiger partial charge in [0.15, 0.2) is 0 Å². The minimum Gasteiger partial charge on any atom is -0.375 e. The van der Waals surface area contributed by atoms with Crippen LogP contribution in [0, 0.1) is 0 Å². The van der Waals surface area contributed by atoms with Crippen molar-refractivity contribution in [3.05, 3.63) is 29.8 Å². The topological polar surface area (TPSA) is 73.6 Å². The Morgan fingerprint density at radius 3 is 2.48 bits per heavy atom. The Balaban J connectivity index is 1.76. The molecule has 5 nitrogen and oxygen atoms in total. The molecule has 1 saturated heterocycles. The number of hydrogen-bond acceptors (Lipinski definition) is 4. The van der Waals surface area contributed by atoms with Crippen molar-refractivity contribution in [2.75, 3.05) is 11.9 Å². The van der Waals surface area contributed by atoms with Crippen LogP contribution in [0.5, 0.6) is 0 Å². The van der Waals surface area contributed by atoms with Gasteiger partial charge in [-0.25, -0.2) is 0 Å². The fourth-order valence-electron chi connectivity index (χ4n) is 2.60. The normalized spacial score (nSPS) is 25.6. The second kappa shape index (κ2) is 7.54. The van der Waals surface area contributed by atoms with Gasteiger partial charge in [0.05, 0.1) is 18.3 Å². The van der Waals surface area contributed by atoms with Gasteiger partial charge < -0.3 is 20.5 Å². The third-order valence-electron chi connectivity index (χ3n) is 3.58. The van der Waals surface area contributed by atoms with E-state index in [2.05, 4.69) is 5.32 Å². The molecular formula is C16H24N2O3. The van der Waals surface area contributed by atoms with Crippen molar-refractivity contribution in [1.29, 1.82) is 0 Å². The van der Waals surface area contributed by atoms with Crippen molar-refractivity contribution in [3.8, 4) is 0 Å². The van der Waals surface area contributed by atoms with Crippen LogP contribution >= 0.6 is 0 Å². The molecule has 116 valence electrons. The van der Waals surface area contributed by atoms with Crippen LogP contribution in [0.4, 0.5) is 5.69 Å². The number of hydrogen-bond donors (Lipinski definition) is 2. The van der Waals surface area contributed by atoms with Crippen LogP contribution in [-0.2, 0) is 20.8 Å². The summed E-state index contributed by atoms with van der Waals surface area (Å²) in [6.07, 6.45) is 2.14. The molecule has 1 heterocycles. The first-order chi connectivity index (χ1) is 10.1. The Kier molecular flexibility index (Phi) is 5.73. The van der Waals surface area contributed by atoms with Gasteiger partial charge in [0.1, 0.15) is 6.61 Å². The van der Waals surface area contributed by atoms with E-state index in [0.717, 1.165) is 24.1 Å². The number of rotatable bonds is 5. The molecule has 1 aliphatic rings. The molecule has 1 aromatic rings. The van der Waals surface area contributed by atoms with Crippen LogP contribution in [0.2, 0.25) is 0 Å². The van der Waals surface area contributed by atoms with Crippen molar-refractivity contribution in [2.45, 2.75) is 51.5 Å². The van der Waals surface area contributed by atoms with Gasteiger partial charge in [-0.2, -0.15) is 0 Å². The van der Waals surface area contributed by atoms with Crippen LogP contribution < -0.4 is 11.1 Å². The van der Waals surface area contributed by atoms with Gasteiger partial charge >= 0.3 is 0 Å². The largest absolute Gasteiger partial charge is 0.375 e. The molecule has 0 radical (unpaired) electrons. The number of carbonyl (C=O) groups is 1. The summed E-state index contributed by atoms with van der Waals surface area (Å²) in [5.41, 5.74) is 7.33. The standard InChI is InChI=1S/C16H24N2O3/c1-11-7-15(8-12(2)21-11)20-10-16(19)18-14-5-3-13(9-17)4-6-14/h3-6,11-12,15H,7-10,17H2,1-2H3,(H,18,19). The molecule has 2 rings (SSSR count). The first-order valence-electron chi connectivity index (χ1n) is 7.42. The molecule has 0 saturated carbocycles. The Morgan fingerprint density at radius 2 is 1.90 bits per heavy atom. The van der Waals surface area contributed by atoms with Crippen molar-refractivity contribution in [2.24, 2.45) is 5.73 Å². The van der Waals surface area contributed by atoms with E-state index in [4.69, 9.17) is 15.2 Å². The van der Waals surface area contributed by atoms with Crippen molar-refractivity contribution < 1.29 is 14.3 Å². The Bertz CT molecular complexity index is 451. The Hall–Kier alpha value is -1.43. The summed E-state index contributed by atoms with van der Waals surface area (Å²) in [5.74, 6) is -0.137. The van der Waals surface area contributed by atoms with E-state index >= 15 is 0 Å². The Morgan fingerprint density at radius 1 is 1.29 bits per heavy atom. The van der Waals surface area contributed by atoms with E-state index in [-0.39, 0.29) is 30.8 Å². The fourth-order valence-corrected chi connectivity index (χ4v) is 2.60. The van der Waals surface area contributed by atoms with Crippen LogP contribution in [0.15, 0.2) is 24.3 Å². The molecule has 1 fully saturated rings. The van der Waals surface area contributed by atoms with E-state index < -0.39 is 0 Å². The smallest absolute Gasteiger partial charge is 0.250 e. The summed E-state index contributed by atoms with van der Waals surface area (Å²) >= 11 is 0. The van der Waals surface area contributed by atoms with Gasteiger partial charge in [-0.05, 0) is 44.4 Å². The zero-order valence-corrected chi connectivity index (χ0v) is 12.7. The van der Waals surface area contributed by atoms with Crippen LogP contribution in [0.3, 0.4) is 0 Å². The van der Waals surface area contributed by atoms with Crippen LogP contribution in [-0.4, -0.2) is 30.8 Å². The molecular weight excluding hydrogens is 268 g/mol. The van der Waals surface area contributed by atoms with Gasteiger partial charge in [0.25, 0.3) is 0 Å². The molecule has 2 unspecified atom stereocenters. The summed E-state index contributed by atoms with van der Waals surface area (Å²) in [6, 6.07) is 7.49. The molecule has 2 atom stereocenters. The number of anilines is 1. The maximum atomic E-state index is 11.9. The van der Waals surface area contributed by atoms with Gasteiger partial charge in [0, 0.05) is 12.2 Å². The van der Waals surface area contributed by atoms with E-state index in [1.54, 1.807) is 0 Å². The lowest BCUT2D eigenvalue weighted by Crippen LogP contribution is -2.35. The molecule has 0 aromatic heterocycles. The number of amides is 1. The highest BCUT2D eigenvalue weighted by atomic mass is 16.5. The lowest BCUT2D eigenvalue weighted by molar-refractivity contribution is -0.131. The predicted octanol–water partition coefficient (Wildman–Crippen LogP) is 2.06. The molecule has 3 N–H and O–H groups in total. The third kappa shape index (κ3) is 5.12. The van der Waals surface area contributed by atoms with E-state index in [0.29, 0.717) is 6.54 Å². The molecule has 0 spiro atoms. The van der Waals surface area contributed by atoms with Crippen LogP contribution in [0.1, 0.15) is 32.3 Å². The number of carbonyl (C=O) groups excluding carboxylic acids is 1. The first kappa shape index (κ1) is 15.9. The highest BCUT2D eigenvalue weighted by molar-refractivity contribution is 5.91. The van der Waals surface area contributed by atoms with Crippen molar-refractivity contribution in [1.82, 2.24) is 0 Å². The first-order valence-corrected chi connectivity index (χ1v) is 7.42. The molecule has 0 aliphatic carbocycles. The van der Waals surface area contributed by atoms with Gasteiger partial charge in [-0.15, -0.1) is 0 Å². The number of nitrogens with one attached hydrogen (secondary N) is 1. The highest BCUT2D eigenvalue weighted by Crippen LogP contribution is 2.21. The summed E-state index contributed by atoms with van der Waals surface area (Å²) in [4.78, 5) is 11.9. The van der Waals surface area contributed by atoms with Gasteiger partial charge in [-0.1, -0.05) is 12.1 Å². The molecule has 1 amide bonds. The summed E-state index contributed by atoms with van der Waals surface area (Å²) in [6.45, 7) is 4.64. The summed E-state index contributed by atoms with van der Waals surface area (Å²) in [5, 5.41) is 2.82. The number of nitrogens with two attached hydrogens (primary N) is 1. The Labute approximate surface area is 125 Å². The average molecular weight is 292 g/mol.